The second-order valence-electron chi connectivity index (χ2n) is 3.94. The number of benzene rings is 1. The van der Waals surface area contributed by atoms with Crippen molar-refractivity contribution >= 4 is 6.08 Å². The van der Waals surface area contributed by atoms with Crippen molar-refractivity contribution in [3.63, 3.8) is 0 Å². The second-order valence-corrected chi connectivity index (χ2v) is 3.94. The summed E-state index contributed by atoms with van der Waals surface area (Å²) in [6.07, 6.45) is -0.927. The predicted molar refractivity (Wildman–Crippen MR) is 59.9 cm³/mol. The first-order valence-corrected chi connectivity index (χ1v) is 5.40. The Hall–Kier alpha value is -1.32. The van der Waals surface area contributed by atoms with Crippen LogP contribution in [0.25, 0.3) is 6.08 Å². The largest absolute Gasteiger partial charge is 0.417 e. The Morgan fingerprint density at radius 2 is 1.94 bits per heavy atom. The van der Waals surface area contributed by atoms with Crippen molar-refractivity contribution in [3.05, 3.63) is 41.2 Å². The van der Waals surface area contributed by atoms with Crippen molar-refractivity contribution in [2.24, 2.45) is 5.92 Å². The Morgan fingerprint density at radius 3 is 2.47 bits per heavy atom. The molecule has 1 atom stereocenters. The van der Waals surface area contributed by atoms with Gasteiger partial charge in [0.05, 0.1) is 5.56 Å². The Morgan fingerprint density at radius 1 is 1.29 bits per heavy atom. The van der Waals surface area contributed by atoms with E-state index in [0.29, 0.717) is 0 Å². The number of allylic oxidation sites excluding steroid dienone is 1. The first kappa shape index (κ1) is 13.7. The number of rotatable bonds is 3. The average Bonchev–Trinajstić information content (AvgIpc) is 2.25. The third-order valence-corrected chi connectivity index (χ3v) is 2.59. The molecule has 1 unspecified atom stereocenters. The molecule has 17 heavy (non-hydrogen) atoms. The molecule has 0 bridgehead atoms. The van der Waals surface area contributed by atoms with Gasteiger partial charge in [-0.1, -0.05) is 38.5 Å². The van der Waals surface area contributed by atoms with Crippen molar-refractivity contribution in [2.45, 2.75) is 26.4 Å². The van der Waals surface area contributed by atoms with E-state index in [0.717, 1.165) is 24.6 Å². The molecule has 0 aliphatic heterocycles. The Labute approximate surface area is 98.0 Å². The highest BCUT2D eigenvalue weighted by Gasteiger charge is 2.33. The van der Waals surface area contributed by atoms with E-state index in [1.807, 2.05) is 13.8 Å². The molecule has 0 spiro atoms. The van der Waals surface area contributed by atoms with Gasteiger partial charge in [0.25, 0.3) is 0 Å². The van der Waals surface area contributed by atoms with Crippen LogP contribution in [-0.2, 0) is 6.18 Å². The molecule has 0 fully saturated rings. The molecule has 94 valence electrons. The monoisotopic (exact) mass is 246 g/mol. The van der Waals surface area contributed by atoms with Crippen molar-refractivity contribution in [2.75, 3.05) is 0 Å². The van der Waals surface area contributed by atoms with Gasteiger partial charge in [-0.05, 0) is 18.1 Å². The van der Waals surface area contributed by atoms with Crippen molar-refractivity contribution in [1.82, 2.24) is 0 Å². The van der Waals surface area contributed by atoms with Crippen molar-refractivity contribution in [1.29, 1.82) is 0 Å². The molecule has 1 aromatic carbocycles. The fourth-order valence-corrected chi connectivity index (χ4v) is 1.35. The van der Waals surface area contributed by atoms with E-state index in [9.17, 15) is 17.6 Å². The highest BCUT2D eigenvalue weighted by atomic mass is 19.4. The summed E-state index contributed by atoms with van der Waals surface area (Å²) in [6.45, 7) is 3.78. The minimum atomic E-state index is -4.53. The highest BCUT2D eigenvalue weighted by molar-refractivity contribution is 5.55. The molecule has 0 radical (unpaired) electrons. The van der Waals surface area contributed by atoms with Gasteiger partial charge in [0.1, 0.15) is 5.82 Å². The van der Waals surface area contributed by atoms with Gasteiger partial charge < -0.3 is 0 Å². The van der Waals surface area contributed by atoms with Crippen LogP contribution in [0.4, 0.5) is 17.6 Å². The Balaban J connectivity index is 3.17. The van der Waals surface area contributed by atoms with Gasteiger partial charge in [-0.3, -0.25) is 0 Å². The minimum Gasteiger partial charge on any atom is -0.206 e. The Kier molecular flexibility index (Phi) is 4.32. The number of alkyl halides is 3. The van der Waals surface area contributed by atoms with E-state index in [2.05, 4.69) is 0 Å². The lowest BCUT2D eigenvalue weighted by molar-refractivity contribution is -0.137. The van der Waals surface area contributed by atoms with Crippen LogP contribution in [0.3, 0.4) is 0 Å². The summed E-state index contributed by atoms with van der Waals surface area (Å²) in [5, 5.41) is 0. The van der Waals surface area contributed by atoms with E-state index in [1.54, 1.807) is 6.08 Å². The SMILES string of the molecule is CCC(C)/C=C/c1c(F)cccc1C(F)(F)F. The molecular formula is C13H14F4. The lowest BCUT2D eigenvalue weighted by atomic mass is 10.0. The normalized spacial score (nSPS) is 14.2. The van der Waals surface area contributed by atoms with Gasteiger partial charge >= 0.3 is 6.18 Å². The van der Waals surface area contributed by atoms with E-state index in [-0.39, 0.29) is 11.5 Å². The molecule has 0 aromatic heterocycles. The van der Waals surface area contributed by atoms with E-state index in [4.69, 9.17) is 0 Å². The molecule has 0 N–H and O–H groups in total. The molecule has 0 saturated carbocycles. The predicted octanol–water partition coefficient (Wildman–Crippen LogP) is 4.90. The van der Waals surface area contributed by atoms with Crippen LogP contribution >= 0.6 is 0 Å². The van der Waals surface area contributed by atoms with Crippen LogP contribution in [-0.4, -0.2) is 0 Å². The van der Waals surface area contributed by atoms with E-state index in [1.165, 1.54) is 6.08 Å². The topological polar surface area (TPSA) is 0 Å². The van der Waals surface area contributed by atoms with Gasteiger partial charge in [0.2, 0.25) is 0 Å². The molecule has 0 heterocycles. The molecule has 0 aliphatic carbocycles. The average molecular weight is 246 g/mol. The zero-order chi connectivity index (χ0) is 13.1. The first-order chi connectivity index (χ1) is 7.86. The standard InChI is InChI=1S/C13H14F4/c1-3-9(2)7-8-10-11(13(15,16)17)5-4-6-12(10)14/h4-9H,3H2,1-2H3/b8-7+. The maximum atomic E-state index is 13.4. The quantitative estimate of drug-likeness (QED) is 0.665. The highest BCUT2D eigenvalue weighted by Crippen LogP contribution is 2.33. The van der Waals surface area contributed by atoms with Crippen LogP contribution in [0.5, 0.6) is 0 Å². The van der Waals surface area contributed by atoms with E-state index < -0.39 is 17.6 Å². The summed E-state index contributed by atoms with van der Waals surface area (Å²) in [5.74, 6) is -0.727. The molecule has 0 amide bonds. The summed E-state index contributed by atoms with van der Waals surface area (Å²) in [4.78, 5) is 0. The second kappa shape index (κ2) is 5.34. The molecule has 0 saturated heterocycles. The van der Waals surface area contributed by atoms with Crippen LogP contribution in [0.2, 0.25) is 0 Å². The van der Waals surface area contributed by atoms with Crippen LogP contribution < -0.4 is 0 Å². The zero-order valence-electron chi connectivity index (χ0n) is 9.68. The maximum Gasteiger partial charge on any atom is 0.417 e. The zero-order valence-corrected chi connectivity index (χ0v) is 9.68. The molecule has 1 rings (SSSR count). The smallest absolute Gasteiger partial charge is 0.206 e. The van der Waals surface area contributed by atoms with Crippen molar-refractivity contribution in [3.8, 4) is 0 Å². The van der Waals surface area contributed by atoms with Gasteiger partial charge in [-0.15, -0.1) is 0 Å². The third-order valence-electron chi connectivity index (χ3n) is 2.59. The minimum absolute atomic E-state index is 0.121. The fourth-order valence-electron chi connectivity index (χ4n) is 1.35. The molecule has 1 aromatic rings. The van der Waals surface area contributed by atoms with Crippen LogP contribution in [0, 0.1) is 11.7 Å². The molecule has 4 heteroatoms. The summed E-state index contributed by atoms with van der Waals surface area (Å²) < 4.78 is 51.3. The summed E-state index contributed by atoms with van der Waals surface area (Å²) in [6, 6.07) is 2.99. The third kappa shape index (κ3) is 3.58. The van der Waals surface area contributed by atoms with Crippen LogP contribution in [0.15, 0.2) is 24.3 Å². The molecule has 0 nitrogen and oxygen atoms in total. The van der Waals surface area contributed by atoms with Gasteiger partial charge in [-0.2, -0.15) is 13.2 Å². The lowest BCUT2D eigenvalue weighted by Gasteiger charge is -2.11. The first-order valence-electron chi connectivity index (χ1n) is 5.40. The Bertz CT molecular complexity index is 404. The molecule has 0 aliphatic rings. The summed E-state index contributed by atoms with van der Waals surface area (Å²) in [7, 11) is 0. The van der Waals surface area contributed by atoms with Gasteiger partial charge in [0, 0.05) is 5.56 Å². The molecular weight excluding hydrogens is 232 g/mol. The summed E-state index contributed by atoms with van der Waals surface area (Å²) in [5.41, 5.74) is -1.32. The van der Waals surface area contributed by atoms with Gasteiger partial charge in [0.15, 0.2) is 0 Å². The summed E-state index contributed by atoms with van der Waals surface area (Å²) >= 11 is 0. The number of hydrogen-bond acceptors (Lipinski definition) is 0. The van der Waals surface area contributed by atoms with Crippen LogP contribution in [0.1, 0.15) is 31.4 Å². The maximum absolute atomic E-state index is 13.4. The van der Waals surface area contributed by atoms with Crippen molar-refractivity contribution < 1.29 is 17.6 Å². The van der Waals surface area contributed by atoms with Gasteiger partial charge in [-0.25, -0.2) is 4.39 Å². The van der Waals surface area contributed by atoms with E-state index >= 15 is 0 Å². The lowest BCUT2D eigenvalue weighted by Crippen LogP contribution is -2.08. The number of hydrogen-bond donors (Lipinski definition) is 0. The fraction of sp³-hybridized carbons (Fsp3) is 0.385. The number of halogens is 4.